The number of aryl methyl sites for hydroxylation is 1. The van der Waals surface area contributed by atoms with Gasteiger partial charge in [-0.25, -0.2) is 13.9 Å². The van der Waals surface area contributed by atoms with E-state index in [9.17, 15) is 9.18 Å². The van der Waals surface area contributed by atoms with Crippen molar-refractivity contribution in [3.05, 3.63) is 53.4 Å². The van der Waals surface area contributed by atoms with E-state index in [0.717, 1.165) is 42.9 Å². The van der Waals surface area contributed by atoms with Crippen LogP contribution in [0.2, 0.25) is 0 Å². The smallest absolute Gasteiger partial charge is 0.256 e. The van der Waals surface area contributed by atoms with Gasteiger partial charge in [-0.3, -0.25) is 9.78 Å². The van der Waals surface area contributed by atoms with Gasteiger partial charge in [-0.1, -0.05) is 0 Å². The lowest BCUT2D eigenvalue weighted by atomic mass is 9.96. The third-order valence-corrected chi connectivity index (χ3v) is 6.73. The first kappa shape index (κ1) is 16.9. The fraction of sp³-hybridized carbons (Fsp3) is 0.429. The Kier molecular flexibility index (Phi) is 3.34. The molecule has 0 radical (unpaired) electrons. The number of rotatable bonds is 0. The van der Waals surface area contributed by atoms with Crippen molar-refractivity contribution in [3.8, 4) is 0 Å². The van der Waals surface area contributed by atoms with E-state index in [-0.39, 0.29) is 23.3 Å². The Balaban J connectivity index is 1.57. The molecule has 0 aromatic carbocycles. The maximum Gasteiger partial charge on any atom is 0.256 e. The van der Waals surface area contributed by atoms with E-state index in [1.165, 1.54) is 6.20 Å². The van der Waals surface area contributed by atoms with Gasteiger partial charge < -0.3 is 10.2 Å². The second-order valence-corrected chi connectivity index (χ2v) is 8.44. The van der Waals surface area contributed by atoms with Gasteiger partial charge in [0.05, 0.1) is 17.9 Å². The van der Waals surface area contributed by atoms with Gasteiger partial charge in [0.1, 0.15) is 17.2 Å². The Morgan fingerprint density at radius 2 is 2.21 bits per heavy atom. The van der Waals surface area contributed by atoms with Crippen LogP contribution in [0.15, 0.2) is 30.7 Å². The Morgan fingerprint density at radius 3 is 3.07 bits per heavy atom. The van der Waals surface area contributed by atoms with Crippen LogP contribution in [0.1, 0.15) is 47.8 Å². The molecule has 1 saturated heterocycles. The van der Waals surface area contributed by atoms with E-state index in [4.69, 9.17) is 4.98 Å². The monoisotopic (exact) mass is 392 g/mol. The minimum absolute atomic E-state index is 0.0479. The van der Waals surface area contributed by atoms with E-state index < -0.39 is 0 Å². The summed E-state index contributed by atoms with van der Waals surface area (Å²) < 4.78 is 15.9. The van der Waals surface area contributed by atoms with Crippen molar-refractivity contribution in [1.29, 1.82) is 0 Å². The van der Waals surface area contributed by atoms with Crippen molar-refractivity contribution in [1.82, 2.24) is 24.9 Å². The minimum Gasteiger partial charge on any atom is -0.349 e. The molecule has 3 aromatic heterocycles. The number of carbonyl (C=O) groups excluding carboxylic acids is 1. The Bertz CT molecular complexity index is 1160. The van der Waals surface area contributed by atoms with Crippen LogP contribution < -0.4 is 10.2 Å². The lowest BCUT2D eigenvalue weighted by molar-refractivity contribution is 0.0940. The molecule has 3 aliphatic rings. The van der Waals surface area contributed by atoms with Crippen molar-refractivity contribution in [2.75, 3.05) is 11.4 Å². The number of carbonyl (C=O) groups is 1. The molecule has 7 nitrogen and oxygen atoms in total. The molecule has 1 aliphatic carbocycles. The summed E-state index contributed by atoms with van der Waals surface area (Å²) in [7, 11) is 0. The van der Waals surface area contributed by atoms with Gasteiger partial charge in [0, 0.05) is 30.0 Å². The number of nitrogens with one attached hydrogen (secondary N) is 1. The summed E-state index contributed by atoms with van der Waals surface area (Å²) in [6.45, 7) is 2.83. The number of hydrogen-bond acceptors (Lipinski definition) is 5. The highest BCUT2D eigenvalue weighted by molar-refractivity contribution is 5.99. The molecule has 2 aliphatic heterocycles. The van der Waals surface area contributed by atoms with Gasteiger partial charge in [0.15, 0.2) is 5.65 Å². The van der Waals surface area contributed by atoms with Gasteiger partial charge in [0.25, 0.3) is 5.91 Å². The number of aromatic nitrogens is 4. The van der Waals surface area contributed by atoms with Crippen LogP contribution in [0.5, 0.6) is 0 Å². The number of piperidine rings is 1. The number of halogens is 1. The Morgan fingerprint density at radius 1 is 1.31 bits per heavy atom. The van der Waals surface area contributed by atoms with Gasteiger partial charge in [-0.15, -0.1) is 0 Å². The SMILES string of the molecule is C[C@@H]1CCc2ncc(F)cc2C23CC2CCN3c2ccn3ncc(c3n2)C(=O)N1. The number of nitrogens with zero attached hydrogens (tertiary/aromatic N) is 5. The van der Waals surface area contributed by atoms with Crippen LogP contribution in [-0.2, 0) is 12.0 Å². The van der Waals surface area contributed by atoms with E-state index >= 15 is 0 Å². The molecular formula is C21H21FN6O. The molecule has 1 saturated carbocycles. The number of hydrogen-bond donors (Lipinski definition) is 1. The largest absolute Gasteiger partial charge is 0.349 e. The summed E-state index contributed by atoms with van der Waals surface area (Å²) in [4.78, 5) is 24.4. The first-order valence-electron chi connectivity index (χ1n) is 10.1. The highest BCUT2D eigenvalue weighted by Crippen LogP contribution is 2.63. The maximum absolute atomic E-state index is 14.2. The molecule has 6 rings (SSSR count). The fourth-order valence-electron chi connectivity index (χ4n) is 5.21. The number of amides is 1. The summed E-state index contributed by atoms with van der Waals surface area (Å²) >= 11 is 0. The standard InChI is InChI=1S/C21H21FN6O/c1-12-2-3-17-16(8-14(22)10-23-17)21-9-13(21)4-6-27(21)18-5-7-28-19(26-18)15(11-24-28)20(29)25-12/h5,7-8,10-13H,2-4,6,9H2,1H3,(H,25,29)/t12-,13?,21?/m1/s1. The van der Waals surface area contributed by atoms with E-state index in [1.54, 1.807) is 16.8 Å². The highest BCUT2D eigenvalue weighted by Gasteiger charge is 2.64. The first-order chi connectivity index (χ1) is 14.1. The quantitative estimate of drug-likeness (QED) is 0.636. The molecular weight excluding hydrogens is 371 g/mol. The normalized spacial score (nSPS) is 28.1. The number of fused-ring (bicyclic) bond motifs is 3. The molecule has 1 amide bonds. The van der Waals surface area contributed by atoms with Crippen LogP contribution in [0.25, 0.3) is 5.65 Å². The summed E-state index contributed by atoms with van der Waals surface area (Å²) in [5.41, 5.74) is 2.67. The van der Waals surface area contributed by atoms with Crippen LogP contribution >= 0.6 is 0 Å². The number of pyridine rings is 1. The lowest BCUT2D eigenvalue weighted by Gasteiger charge is -2.31. The molecule has 1 spiro atoms. The molecule has 8 heteroatoms. The van der Waals surface area contributed by atoms with Gasteiger partial charge in [-0.2, -0.15) is 5.10 Å². The molecule has 3 atom stereocenters. The van der Waals surface area contributed by atoms with Crippen LogP contribution in [0.3, 0.4) is 0 Å². The molecule has 1 N–H and O–H groups in total. The second kappa shape index (κ2) is 5.75. The molecule has 3 aromatic rings. The van der Waals surface area contributed by atoms with Crippen molar-refractivity contribution < 1.29 is 9.18 Å². The molecule has 148 valence electrons. The number of anilines is 1. The topological polar surface area (TPSA) is 75.4 Å². The van der Waals surface area contributed by atoms with Crippen molar-refractivity contribution in [2.24, 2.45) is 5.92 Å². The zero-order valence-electron chi connectivity index (χ0n) is 16.1. The van der Waals surface area contributed by atoms with Crippen LogP contribution in [-0.4, -0.2) is 38.1 Å². The maximum atomic E-state index is 14.2. The lowest BCUT2D eigenvalue weighted by Crippen LogP contribution is -2.35. The summed E-state index contributed by atoms with van der Waals surface area (Å²) in [5.74, 6) is 0.802. The average molecular weight is 392 g/mol. The third-order valence-electron chi connectivity index (χ3n) is 6.73. The molecule has 5 heterocycles. The average Bonchev–Trinajstić information content (AvgIpc) is 3.09. The second-order valence-electron chi connectivity index (χ2n) is 8.44. The Labute approximate surface area is 167 Å². The zero-order chi connectivity index (χ0) is 19.8. The predicted molar refractivity (Wildman–Crippen MR) is 104 cm³/mol. The van der Waals surface area contributed by atoms with Gasteiger partial charge in [0.2, 0.25) is 0 Å². The van der Waals surface area contributed by atoms with E-state index in [2.05, 4.69) is 20.3 Å². The van der Waals surface area contributed by atoms with Crippen LogP contribution in [0, 0.1) is 11.7 Å². The molecule has 2 unspecified atom stereocenters. The van der Waals surface area contributed by atoms with Crippen LogP contribution in [0.4, 0.5) is 10.2 Å². The molecule has 2 fully saturated rings. The third kappa shape index (κ3) is 2.34. The van der Waals surface area contributed by atoms with E-state index in [0.29, 0.717) is 23.5 Å². The van der Waals surface area contributed by atoms with Crippen molar-refractivity contribution >= 4 is 17.4 Å². The fourth-order valence-corrected chi connectivity index (χ4v) is 5.21. The van der Waals surface area contributed by atoms with E-state index in [1.807, 2.05) is 19.2 Å². The highest BCUT2D eigenvalue weighted by atomic mass is 19.1. The van der Waals surface area contributed by atoms with Crippen molar-refractivity contribution in [2.45, 2.75) is 44.2 Å². The van der Waals surface area contributed by atoms with Gasteiger partial charge >= 0.3 is 0 Å². The molecule has 29 heavy (non-hydrogen) atoms. The Hall–Kier alpha value is -3.03. The predicted octanol–water partition coefficient (Wildman–Crippen LogP) is 2.45. The zero-order valence-corrected chi connectivity index (χ0v) is 16.1. The summed E-state index contributed by atoms with van der Waals surface area (Å²) in [6, 6.07) is 3.54. The first-order valence-corrected chi connectivity index (χ1v) is 10.1. The minimum atomic E-state index is -0.303. The summed E-state index contributed by atoms with van der Waals surface area (Å²) in [6.07, 6.45) is 8.16. The van der Waals surface area contributed by atoms with Gasteiger partial charge in [-0.05, 0) is 50.7 Å². The summed E-state index contributed by atoms with van der Waals surface area (Å²) in [5, 5.41) is 7.32. The van der Waals surface area contributed by atoms with Crippen molar-refractivity contribution in [3.63, 3.8) is 0 Å². The molecule has 2 bridgehead atoms.